The Morgan fingerprint density at radius 3 is 2.67 bits per heavy atom. The van der Waals surface area contributed by atoms with E-state index in [4.69, 9.17) is 0 Å². The van der Waals surface area contributed by atoms with E-state index in [2.05, 4.69) is 9.28 Å². The van der Waals surface area contributed by atoms with E-state index in [-0.39, 0.29) is 6.61 Å². The van der Waals surface area contributed by atoms with Gasteiger partial charge in [0.1, 0.15) is 0 Å². The maximum absolute atomic E-state index is 10.7. The third-order valence-corrected chi connectivity index (χ3v) is 2.64. The number of aromatic nitrogens is 2. The van der Waals surface area contributed by atoms with Crippen LogP contribution >= 0.6 is 0 Å². The molecule has 1 aromatic heterocycles. The van der Waals surface area contributed by atoms with Gasteiger partial charge in [-0.15, -0.1) is 0 Å². The molecule has 6 heteroatoms. The van der Waals surface area contributed by atoms with Gasteiger partial charge in [-0.2, -0.15) is 13.5 Å². The minimum atomic E-state index is -3.34. The Bertz CT molecular complexity index is 423. The minimum Gasteiger partial charge on any atom is -0.272 e. The normalized spacial score (nSPS) is 11.9. The van der Waals surface area contributed by atoms with E-state index in [0.717, 1.165) is 24.1 Å². The van der Waals surface area contributed by atoms with Crippen LogP contribution < -0.4 is 0 Å². The van der Waals surface area contributed by atoms with Crippen LogP contribution in [0.2, 0.25) is 0 Å². The second-order valence-electron chi connectivity index (χ2n) is 3.38. The molecule has 0 aromatic carbocycles. The Kier molecular flexibility index (Phi) is 3.87. The van der Waals surface area contributed by atoms with E-state index >= 15 is 0 Å². The largest absolute Gasteiger partial charge is 0.272 e. The van der Waals surface area contributed by atoms with Crippen molar-refractivity contribution < 1.29 is 12.6 Å². The molecule has 0 aliphatic carbocycles. The Hall–Kier alpha value is -0.880. The number of rotatable bonds is 5. The lowest BCUT2D eigenvalue weighted by Gasteiger charge is -1.97. The van der Waals surface area contributed by atoms with Crippen LogP contribution in [0.1, 0.15) is 18.3 Å². The van der Waals surface area contributed by atoms with Crippen LogP contribution in [0.4, 0.5) is 0 Å². The molecule has 5 nitrogen and oxygen atoms in total. The molecule has 0 unspecified atom stereocenters. The molecular formula is C9H16N2O3S. The van der Waals surface area contributed by atoms with Gasteiger partial charge >= 0.3 is 0 Å². The molecular weight excluding hydrogens is 216 g/mol. The Balaban J connectivity index is 2.51. The summed E-state index contributed by atoms with van der Waals surface area (Å²) in [4.78, 5) is 0. The second-order valence-corrected chi connectivity index (χ2v) is 5.02. The van der Waals surface area contributed by atoms with Crippen LogP contribution in [0, 0.1) is 0 Å². The molecule has 0 atom stereocenters. The van der Waals surface area contributed by atoms with Crippen LogP contribution in [0.5, 0.6) is 0 Å². The first-order valence-corrected chi connectivity index (χ1v) is 6.60. The molecule has 0 aliphatic rings. The van der Waals surface area contributed by atoms with Crippen molar-refractivity contribution in [3.8, 4) is 0 Å². The number of nitrogens with zero attached hydrogens (tertiary/aromatic N) is 2. The van der Waals surface area contributed by atoms with Crippen molar-refractivity contribution in [3.63, 3.8) is 0 Å². The smallest absolute Gasteiger partial charge is 0.264 e. The molecule has 0 saturated carbocycles. The van der Waals surface area contributed by atoms with Crippen molar-refractivity contribution >= 4 is 10.1 Å². The van der Waals surface area contributed by atoms with Crippen molar-refractivity contribution in [1.82, 2.24) is 9.78 Å². The summed E-state index contributed by atoms with van der Waals surface area (Å²) in [7, 11) is -1.46. The molecule has 1 rings (SSSR count). The van der Waals surface area contributed by atoms with Gasteiger partial charge in [-0.3, -0.25) is 8.86 Å². The molecule has 0 aliphatic heterocycles. The zero-order valence-corrected chi connectivity index (χ0v) is 10.0. The molecule has 0 fully saturated rings. The van der Waals surface area contributed by atoms with Crippen LogP contribution in [-0.4, -0.2) is 31.1 Å². The lowest BCUT2D eigenvalue weighted by Crippen LogP contribution is -2.06. The van der Waals surface area contributed by atoms with Gasteiger partial charge in [-0.1, -0.05) is 6.92 Å². The Morgan fingerprint density at radius 2 is 2.20 bits per heavy atom. The zero-order chi connectivity index (χ0) is 11.5. The monoisotopic (exact) mass is 232 g/mol. The molecule has 0 amide bonds. The van der Waals surface area contributed by atoms with Crippen molar-refractivity contribution in [2.24, 2.45) is 7.05 Å². The predicted molar refractivity (Wildman–Crippen MR) is 57.1 cm³/mol. The maximum atomic E-state index is 10.7. The molecule has 0 bridgehead atoms. The number of hydrogen-bond acceptors (Lipinski definition) is 4. The molecule has 0 saturated heterocycles. The van der Waals surface area contributed by atoms with Gasteiger partial charge in [-0.25, -0.2) is 0 Å². The van der Waals surface area contributed by atoms with E-state index in [1.807, 2.05) is 20.0 Å². The first-order chi connectivity index (χ1) is 6.92. The topological polar surface area (TPSA) is 61.2 Å². The first kappa shape index (κ1) is 12.2. The molecule has 1 heterocycles. The fourth-order valence-corrected chi connectivity index (χ4v) is 1.71. The summed E-state index contributed by atoms with van der Waals surface area (Å²) in [6.07, 6.45) is 2.47. The van der Waals surface area contributed by atoms with Crippen molar-refractivity contribution in [2.45, 2.75) is 19.8 Å². The van der Waals surface area contributed by atoms with Gasteiger partial charge in [0.2, 0.25) is 0 Å². The molecule has 15 heavy (non-hydrogen) atoms. The van der Waals surface area contributed by atoms with Crippen LogP contribution in [-0.2, 0) is 34.2 Å². The highest BCUT2D eigenvalue weighted by Gasteiger charge is 2.05. The molecule has 1 aromatic rings. The van der Waals surface area contributed by atoms with Crippen LogP contribution in [0.3, 0.4) is 0 Å². The van der Waals surface area contributed by atoms with E-state index in [1.165, 1.54) is 0 Å². The number of aryl methyl sites for hydroxylation is 2. The van der Waals surface area contributed by atoms with E-state index < -0.39 is 10.1 Å². The number of hydrogen-bond donors (Lipinski definition) is 0. The van der Waals surface area contributed by atoms with Gasteiger partial charge in [0.15, 0.2) is 0 Å². The SMILES string of the molecule is CCc1cc(CCOS(C)(=O)=O)nn1C. The van der Waals surface area contributed by atoms with E-state index in [9.17, 15) is 8.42 Å². The van der Waals surface area contributed by atoms with Gasteiger partial charge in [0.25, 0.3) is 10.1 Å². The average molecular weight is 232 g/mol. The lowest BCUT2D eigenvalue weighted by atomic mass is 10.2. The fourth-order valence-electron chi connectivity index (χ4n) is 1.32. The summed E-state index contributed by atoms with van der Waals surface area (Å²) in [6, 6.07) is 1.96. The third-order valence-electron chi connectivity index (χ3n) is 2.05. The minimum absolute atomic E-state index is 0.152. The van der Waals surface area contributed by atoms with Gasteiger partial charge in [0.05, 0.1) is 18.6 Å². The highest BCUT2D eigenvalue weighted by Crippen LogP contribution is 2.05. The summed E-state index contributed by atoms with van der Waals surface area (Å²) in [5.41, 5.74) is 1.99. The average Bonchev–Trinajstić information content (AvgIpc) is 2.44. The van der Waals surface area contributed by atoms with E-state index in [1.54, 1.807) is 4.68 Å². The summed E-state index contributed by atoms with van der Waals surface area (Å²) in [5.74, 6) is 0. The van der Waals surface area contributed by atoms with Gasteiger partial charge < -0.3 is 0 Å². The highest BCUT2D eigenvalue weighted by molar-refractivity contribution is 7.85. The lowest BCUT2D eigenvalue weighted by molar-refractivity contribution is 0.324. The van der Waals surface area contributed by atoms with E-state index in [0.29, 0.717) is 6.42 Å². The molecule has 0 spiro atoms. The van der Waals surface area contributed by atoms with Gasteiger partial charge in [0, 0.05) is 19.2 Å². The first-order valence-electron chi connectivity index (χ1n) is 4.78. The molecule has 0 radical (unpaired) electrons. The second kappa shape index (κ2) is 4.76. The summed E-state index contributed by atoms with van der Waals surface area (Å²) in [5, 5.41) is 4.24. The van der Waals surface area contributed by atoms with Crippen molar-refractivity contribution in [2.75, 3.05) is 12.9 Å². The summed E-state index contributed by atoms with van der Waals surface area (Å²) in [6.45, 7) is 2.20. The maximum Gasteiger partial charge on any atom is 0.264 e. The molecule has 0 N–H and O–H groups in total. The Morgan fingerprint density at radius 1 is 1.53 bits per heavy atom. The third kappa shape index (κ3) is 4.01. The zero-order valence-electron chi connectivity index (χ0n) is 9.23. The summed E-state index contributed by atoms with van der Waals surface area (Å²) < 4.78 is 27.8. The molecule has 86 valence electrons. The Labute approximate surface area is 90.2 Å². The standard InChI is InChI=1S/C9H16N2O3S/c1-4-9-7-8(10-11(9)2)5-6-14-15(3,12)13/h7H,4-6H2,1-3H3. The van der Waals surface area contributed by atoms with Crippen molar-refractivity contribution in [3.05, 3.63) is 17.5 Å². The quantitative estimate of drug-likeness (QED) is 0.694. The highest BCUT2D eigenvalue weighted by atomic mass is 32.2. The van der Waals surface area contributed by atoms with Crippen LogP contribution in [0.15, 0.2) is 6.07 Å². The van der Waals surface area contributed by atoms with Gasteiger partial charge in [-0.05, 0) is 12.5 Å². The summed E-state index contributed by atoms with van der Waals surface area (Å²) >= 11 is 0. The fraction of sp³-hybridized carbons (Fsp3) is 0.667. The predicted octanol–water partition coefficient (Wildman–Crippen LogP) is 0.501. The van der Waals surface area contributed by atoms with Crippen LogP contribution in [0.25, 0.3) is 0 Å². The van der Waals surface area contributed by atoms with Crippen molar-refractivity contribution in [1.29, 1.82) is 0 Å².